The van der Waals surface area contributed by atoms with Gasteiger partial charge in [-0.1, -0.05) is 17.7 Å². The van der Waals surface area contributed by atoms with Crippen LogP contribution in [0.15, 0.2) is 24.3 Å². The molecule has 0 unspecified atom stereocenters. The first-order chi connectivity index (χ1) is 13.4. The van der Waals surface area contributed by atoms with Gasteiger partial charge in [-0.05, 0) is 42.9 Å². The number of rotatable bonds is 4. The third-order valence-corrected chi connectivity index (χ3v) is 6.38. The highest BCUT2D eigenvalue weighted by molar-refractivity contribution is 6.30. The van der Waals surface area contributed by atoms with Crippen LogP contribution in [0.4, 0.5) is 4.79 Å². The Morgan fingerprint density at radius 1 is 1.25 bits per heavy atom. The molecule has 2 heterocycles. The van der Waals surface area contributed by atoms with E-state index in [1.54, 1.807) is 29.0 Å². The van der Waals surface area contributed by atoms with Crippen LogP contribution in [0.2, 0.25) is 5.02 Å². The molecule has 1 N–H and O–H groups in total. The highest BCUT2D eigenvalue weighted by Gasteiger charge is 2.44. The fraction of sp³-hybridized carbons (Fsp3) is 0.600. The van der Waals surface area contributed by atoms with Crippen molar-refractivity contribution in [2.24, 2.45) is 11.8 Å². The molecule has 1 aromatic rings. The van der Waals surface area contributed by atoms with Crippen molar-refractivity contribution in [2.45, 2.75) is 25.0 Å². The van der Waals surface area contributed by atoms with Gasteiger partial charge >= 0.3 is 6.03 Å². The number of aliphatic hydroxyl groups is 1. The van der Waals surface area contributed by atoms with E-state index in [2.05, 4.69) is 0 Å². The molecule has 2 aliphatic heterocycles. The Morgan fingerprint density at radius 2 is 2.00 bits per heavy atom. The normalized spacial score (nSPS) is 30.0. The van der Waals surface area contributed by atoms with Crippen molar-refractivity contribution >= 4 is 23.5 Å². The molecule has 0 aromatic heterocycles. The highest BCUT2D eigenvalue weighted by atomic mass is 35.5. The van der Waals surface area contributed by atoms with E-state index < -0.39 is 6.10 Å². The van der Waals surface area contributed by atoms with Gasteiger partial charge in [0.15, 0.2) is 0 Å². The maximum absolute atomic E-state index is 12.7. The van der Waals surface area contributed by atoms with Crippen molar-refractivity contribution in [3.8, 4) is 5.75 Å². The largest absolute Gasteiger partial charge is 0.488 e. The van der Waals surface area contributed by atoms with Crippen molar-refractivity contribution in [1.29, 1.82) is 0 Å². The van der Waals surface area contributed by atoms with Crippen molar-refractivity contribution in [3.63, 3.8) is 0 Å². The zero-order valence-corrected chi connectivity index (χ0v) is 16.7. The van der Waals surface area contributed by atoms with E-state index in [9.17, 15) is 14.7 Å². The molecule has 3 aliphatic rings. The SMILES string of the molecule is CN1CCN(CC(=O)N2C[C@H]3C[C@@H](Oc4cccc(Cl)c4)[C@H](O)C[C@H]3C2)C1=O. The number of likely N-dealkylation sites (tertiary alicyclic amines) is 1. The van der Waals surface area contributed by atoms with E-state index in [1.807, 2.05) is 17.0 Å². The zero-order chi connectivity index (χ0) is 19.8. The number of ether oxygens (including phenoxy) is 1. The number of benzene rings is 1. The topological polar surface area (TPSA) is 73.3 Å². The van der Waals surface area contributed by atoms with Crippen molar-refractivity contribution in [2.75, 3.05) is 39.8 Å². The first kappa shape index (κ1) is 19.3. The van der Waals surface area contributed by atoms with Crippen molar-refractivity contribution in [3.05, 3.63) is 29.3 Å². The summed E-state index contributed by atoms with van der Waals surface area (Å²) in [5.74, 6) is 1.21. The van der Waals surface area contributed by atoms with Gasteiger partial charge in [0.05, 0.1) is 6.10 Å². The van der Waals surface area contributed by atoms with Crippen LogP contribution in [-0.2, 0) is 4.79 Å². The number of aliphatic hydroxyl groups excluding tert-OH is 1. The van der Waals surface area contributed by atoms with Gasteiger partial charge in [0, 0.05) is 38.2 Å². The molecule has 1 aliphatic carbocycles. The van der Waals surface area contributed by atoms with E-state index in [-0.39, 0.29) is 30.5 Å². The van der Waals surface area contributed by atoms with Gasteiger partial charge in [0.1, 0.15) is 18.4 Å². The summed E-state index contributed by atoms with van der Waals surface area (Å²) in [5.41, 5.74) is 0. The maximum atomic E-state index is 12.7. The lowest BCUT2D eigenvalue weighted by Gasteiger charge is -2.35. The predicted molar refractivity (Wildman–Crippen MR) is 104 cm³/mol. The molecule has 0 spiro atoms. The minimum absolute atomic E-state index is 0.0140. The Balaban J connectivity index is 1.35. The van der Waals surface area contributed by atoms with E-state index in [1.165, 1.54) is 0 Å². The smallest absolute Gasteiger partial charge is 0.320 e. The van der Waals surface area contributed by atoms with E-state index in [4.69, 9.17) is 16.3 Å². The van der Waals surface area contributed by atoms with Gasteiger partial charge in [-0.25, -0.2) is 4.79 Å². The lowest BCUT2D eigenvalue weighted by molar-refractivity contribution is -0.130. The van der Waals surface area contributed by atoms with E-state index in [0.29, 0.717) is 55.7 Å². The van der Waals surface area contributed by atoms with Crippen LogP contribution >= 0.6 is 11.6 Å². The number of amides is 3. The van der Waals surface area contributed by atoms with Crippen LogP contribution in [0.1, 0.15) is 12.8 Å². The molecule has 152 valence electrons. The first-order valence-electron chi connectivity index (χ1n) is 9.79. The fourth-order valence-corrected chi connectivity index (χ4v) is 4.73. The molecule has 2 saturated heterocycles. The summed E-state index contributed by atoms with van der Waals surface area (Å²) in [7, 11) is 1.75. The Hall–Kier alpha value is -1.99. The summed E-state index contributed by atoms with van der Waals surface area (Å²) < 4.78 is 5.99. The quantitative estimate of drug-likeness (QED) is 0.824. The summed E-state index contributed by atoms with van der Waals surface area (Å²) in [6, 6.07) is 7.09. The molecule has 4 atom stereocenters. The van der Waals surface area contributed by atoms with Crippen LogP contribution in [0.25, 0.3) is 0 Å². The number of nitrogens with zero attached hydrogens (tertiary/aromatic N) is 3. The minimum atomic E-state index is -0.566. The average molecular weight is 408 g/mol. The maximum Gasteiger partial charge on any atom is 0.320 e. The molecule has 0 radical (unpaired) electrons. The van der Waals surface area contributed by atoms with Crippen LogP contribution in [0, 0.1) is 11.8 Å². The molecule has 7 nitrogen and oxygen atoms in total. The number of carbonyl (C=O) groups excluding carboxylic acids is 2. The monoisotopic (exact) mass is 407 g/mol. The van der Waals surface area contributed by atoms with E-state index >= 15 is 0 Å². The Morgan fingerprint density at radius 3 is 2.68 bits per heavy atom. The third-order valence-electron chi connectivity index (χ3n) is 6.15. The fourth-order valence-electron chi connectivity index (χ4n) is 4.55. The predicted octanol–water partition coefficient (Wildman–Crippen LogP) is 1.68. The lowest BCUT2D eigenvalue weighted by atomic mass is 9.78. The van der Waals surface area contributed by atoms with Gasteiger partial charge in [-0.2, -0.15) is 0 Å². The van der Waals surface area contributed by atoms with Crippen LogP contribution < -0.4 is 4.74 Å². The number of fused-ring (bicyclic) bond motifs is 1. The highest BCUT2D eigenvalue weighted by Crippen LogP contribution is 2.38. The molecule has 28 heavy (non-hydrogen) atoms. The van der Waals surface area contributed by atoms with Crippen LogP contribution in [0.5, 0.6) is 5.75 Å². The second kappa shape index (κ2) is 7.79. The summed E-state index contributed by atoms with van der Waals surface area (Å²) in [4.78, 5) is 29.8. The molecule has 8 heteroatoms. The second-order valence-corrected chi connectivity index (χ2v) is 8.53. The molecule has 1 aromatic carbocycles. The summed E-state index contributed by atoms with van der Waals surface area (Å²) in [5, 5.41) is 11.1. The molecule has 3 amide bonds. The van der Waals surface area contributed by atoms with Crippen LogP contribution in [-0.4, -0.2) is 83.7 Å². The minimum Gasteiger partial charge on any atom is -0.488 e. The molecular formula is C20H26ClN3O4. The number of urea groups is 1. The van der Waals surface area contributed by atoms with Crippen molar-refractivity contribution in [1.82, 2.24) is 14.7 Å². The summed E-state index contributed by atoms with van der Waals surface area (Å²) in [6.07, 6.45) is 0.450. The summed E-state index contributed by atoms with van der Waals surface area (Å²) >= 11 is 6.01. The number of halogens is 1. The van der Waals surface area contributed by atoms with Gasteiger partial charge in [0.2, 0.25) is 5.91 Å². The Labute approximate surface area is 169 Å². The molecule has 3 fully saturated rings. The van der Waals surface area contributed by atoms with Gasteiger partial charge < -0.3 is 24.5 Å². The number of hydrogen-bond acceptors (Lipinski definition) is 4. The van der Waals surface area contributed by atoms with E-state index in [0.717, 1.165) is 0 Å². The third kappa shape index (κ3) is 3.91. The molecular weight excluding hydrogens is 382 g/mol. The molecule has 0 bridgehead atoms. The zero-order valence-electron chi connectivity index (χ0n) is 16.0. The number of hydrogen-bond donors (Lipinski definition) is 1. The number of carbonyl (C=O) groups is 2. The van der Waals surface area contributed by atoms with Crippen LogP contribution in [0.3, 0.4) is 0 Å². The first-order valence-corrected chi connectivity index (χ1v) is 10.2. The molecule has 4 rings (SSSR count). The average Bonchev–Trinajstić information content (AvgIpc) is 3.20. The van der Waals surface area contributed by atoms with Gasteiger partial charge in [0.25, 0.3) is 0 Å². The number of likely N-dealkylation sites (N-methyl/N-ethyl adjacent to an activating group) is 1. The molecule has 1 saturated carbocycles. The summed E-state index contributed by atoms with van der Waals surface area (Å²) in [6.45, 7) is 2.68. The van der Waals surface area contributed by atoms with Crippen molar-refractivity contribution < 1.29 is 19.4 Å². The second-order valence-electron chi connectivity index (χ2n) is 8.10. The van der Waals surface area contributed by atoms with Gasteiger partial charge in [-0.3, -0.25) is 4.79 Å². The lowest BCUT2D eigenvalue weighted by Crippen LogP contribution is -2.42. The van der Waals surface area contributed by atoms with Gasteiger partial charge in [-0.15, -0.1) is 0 Å². The standard InChI is InChI=1S/C20H26ClN3O4/c1-22-5-6-23(20(22)27)12-19(26)24-10-13-7-17(25)18(8-14(13)11-24)28-16-4-2-3-15(21)9-16/h2-4,9,13-14,17-18,25H,5-8,10-12H2,1H3/t13-,14+,17+,18+/m0/s1. The Kier molecular flexibility index (Phi) is 5.38. The Bertz CT molecular complexity index is 761.